The highest BCUT2D eigenvalue weighted by atomic mass is 16.5. The number of fused-ring (bicyclic) bond motifs is 1. The molecule has 0 saturated carbocycles. The molecule has 0 spiro atoms. The van der Waals surface area contributed by atoms with E-state index in [4.69, 9.17) is 4.74 Å². The Kier molecular flexibility index (Phi) is 3.75. The molecule has 0 aromatic heterocycles. The van der Waals surface area contributed by atoms with Gasteiger partial charge in [0.1, 0.15) is 11.9 Å². The third kappa shape index (κ3) is 2.41. The van der Waals surface area contributed by atoms with Crippen molar-refractivity contribution in [2.75, 3.05) is 12.4 Å². The van der Waals surface area contributed by atoms with E-state index in [9.17, 15) is 4.79 Å². The SMILES string of the molecule is COc1cccc([C@@H]2Nc3ccccc3C(=O)N2C(C)C)c1. The summed E-state index contributed by atoms with van der Waals surface area (Å²) in [6, 6.07) is 15.5. The molecule has 0 saturated heterocycles. The number of rotatable bonds is 3. The number of nitrogens with zero attached hydrogens (tertiary/aromatic N) is 1. The van der Waals surface area contributed by atoms with Crippen molar-refractivity contribution in [3.63, 3.8) is 0 Å². The smallest absolute Gasteiger partial charge is 0.258 e. The van der Waals surface area contributed by atoms with E-state index in [0.717, 1.165) is 22.6 Å². The van der Waals surface area contributed by atoms with Gasteiger partial charge in [0.25, 0.3) is 5.91 Å². The van der Waals surface area contributed by atoms with E-state index in [0.29, 0.717) is 0 Å². The van der Waals surface area contributed by atoms with Crippen LogP contribution in [-0.4, -0.2) is 24.0 Å². The molecule has 3 rings (SSSR count). The van der Waals surface area contributed by atoms with Crippen LogP contribution in [0.25, 0.3) is 0 Å². The molecule has 114 valence electrons. The van der Waals surface area contributed by atoms with Gasteiger partial charge in [0.15, 0.2) is 0 Å². The molecule has 0 bridgehead atoms. The molecule has 0 unspecified atom stereocenters. The number of hydrogen-bond donors (Lipinski definition) is 1. The summed E-state index contributed by atoms with van der Waals surface area (Å²) in [6.07, 6.45) is -0.197. The minimum Gasteiger partial charge on any atom is -0.497 e. The number of methoxy groups -OCH3 is 1. The van der Waals surface area contributed by atoms with E-state index in [1.807, 2.05) is 67.3 Å². The van der Waals surface area contributed by atoms with Gasteiger partial charge >= 0.3 is 0 Å². The first kappa shape index (κ1) is 14.4. The summed E-state index contributed by atoms with van der Waals surface area (Å²) in [4.78, 5) is 14.7. The third-order valence-corrected chi connectivity index (χ3v) is 3.93. The van der Waals surface area contributed by atoms with Crippen molar-refractivity contribution in [2.24, 2.45) is 0 Å². The summed E-state index contributed by atoms with van der Waals surface area (Å²) < 4.78 is 5.31. The van der Waals surface area contributed by atoms with Gasteiger partial charge in [-0.25, -0.2) is 0 Å². The van der Waals surface area contributed by atoms with Crippen LogP contribution in [0.1, 0.15) is 35.9 Å². The fourth-order valence-electron chi connectivity index (χ4n) is 2.86. The van der Waals surface area contributed by atoms with Gasteiger partial charge in [0, 0.05) is 11.7 Å². The average molecular weight is 296 g/mol. The van der Waals surface area contributed by atoms with E-state index in [1.165, 1.54) is 0 Å². The van der Waals surface area contributed by atoms with Crippen molar-refractivity contribution >= 4 is 11.6 Å². The monoisotopic (exact) mass is 296 g/mol. The second-order valence-corrected chi connectivity index (χ2v) is 5.68. The lowest BCUT2D eigenvalue weighted by molar-refractivity contribution is 0.0616. The number of carbonyl (C=O) groups is 1. The maximum absolute atomic E-state index is 12.9. The summed E-state index contributed by atoms with van der Waals surface area (Å²) in [5.41, 5.74) is 2.60. The summed E-state index contributed by atoms with van der Waals surface area (Å²) in [6.45, 7) is 4.06. The van der Waals surface area contributed by atoms with Crippen molar-refractivity contribution in [3.8, 4) is 5.75 Å². The lowest BCUT2D eigenvalue weighted by atomic mass is 10.0. The standard InChI is InChI=1S/C18H20N2O2/c1-12(2)20-17(13-7-6-8-14(11-13)22-3)19-16-10-5-4-9-15(16)18(20)21/h4-12,17,19H,1-3H3/t17-/m1/s1. The van der Waals surface area contributed by atoms with Crippen LogP contribution >= 0.6 is 0 Å². The highest BCUT2D eigenvalue weighted by molar-refractivity contribution is 6.01. The molecule has 0 aliphatic carbocycles. The molecule has 1 N–H and O–H groups in total. The molecule has 4 heteroatoms. The van der Waals surface area contributed by atoms with Gasteiger partial charge in [-0.3, -0.25) is 4.79 Å². The number of anilines is 1. The van der Waals surface area contributed by atoms with Gasteiger partial charge in [0.05, 0.1) is 12.7 Å². The van der Waals surface area contributed by atoms with Gasteiger partial charge in [-0.1, -0.05) is 24.3 Å². The first-order valence-corrected chi connectivity index (χ1v) is 7.44. The summed E-state index contributed by atoms with van der Waals surface area (Å²) >= 11 is 0. The zero-order valence-electron chi connectivity index (χ0n) is 13.0. The highest BCUT2D eigenvalue weighted by Gasteiger charge is 2.34. The number of para-hydroxylation sites is 1. The van der Waals surface area contributed by atoms with Gasteiger partial charge < -0.3 is 15.0 Å². The van der Waals surface area contributed by atoms with Crippen LogP contribution in [0.4, 0.5) is 5.69 Å². The van der Waals surface area contributed by atoms with Gasteiger partial charge in [-0.2, -0.15) is 0 Å². The minimum atomic E-state index is -0.197. The molecular formula is C18H20N2O2. The fraction of sp³-hybridized carbons (Fsp3) is 0.278. The predicted molar refractivity (Wildman–Crippen MR) is 87.1 cm³/mol. The van der Waals surface area contributed by atoms with Crippen molar-refractivity contribution in [2.45, 2.75) is 26.1 Å². The summed E-state index contributed by atoms with van der Waals surface area (Å²) in [5, 5.41) is 3.48. The Balaban J connectivity index is 2.07. The largest absolute Gasteiger partial charge is 0.497 e. The van der Waals surface area contributed by atoms with Crippen molar-refractivity contribution in [1.29, 1.82) is 0 Å². The Bertz CT molecular complexity index is 697. The van der Waals surface area contributed by atoms with Crippen LogP contribution in [0.2, 0.25) is 0 Å². The fourth-order valence-corrected chi connectivity index (χ4v) is 2.86. The Morgan fingerprint density at radius 3 is 2.64 bits per heavy atom. The molecule has 0 radical (unpaired) electrons. The maximum Gasteiger partial charge on any atom is 0.258 e. The molecule has 1 aliphatic heterocycles. The van der Waals surface area contributed by atoms with E-state index in [1.54, 1.807) is 7.11 Å². The minimum absolute atomic E-state index is 0.0529. The Morgan fingerprint density at radius 2 is 1.91 bits per heavy atom. The van der Waals surface area contributed by atoms with E-state index < -0.39 is 0 Å². The lowest BCUT2D eigenvalue weighted by Crippen LogP contribution is -2.46. The first-order valence-electron chi connectivity index (χ1n) is 7.44. The van der Waals surface area contributed by atoms with Gasteiger partial charge in [-0.15, -0.1) is 0 Å². The van der Waals surface area contributed by atoms with Crippen LogP contribution in [0.15, 0.2) is 48.5 Å². The molecule has 1 atom stereocenters. The van der Waals surface area contributed by atoms with E-state index in [-0.39, 0.29) is 18.1 Å². The second kappa shape index (κ2) is 5.72. The van der Waals surface area contributed by atoms with E-state index in [2.05, 4.69) is 5.32 Å². The summed E-state index contributed by atoms with van der Waals surface area (Å²) in [5.74, 6) is 0.839. The van der Waals surface area contributed by atoms with Crippen LogP contribution in [0.3, 0.4) is 0 Å². The molecule has 1 aliphatic rings. The lowest BCUT2D eigenvalue weighted by Gasteiger charge is -2.40. The zero-order chi connectivity index (χ0) is 15.7. The molecule has 4 nitrogen and oxygen atoms in total. The molecule has 2 aromatic rings. The Labute approximate surface area is 130 Å². The molecule has 2 aromatic carbocycles. The van der Waals surface area contributed by atoms with Crippen molar-refractivity contribution in [3.05, 3.63) is 59.7 Å². The van der Waals surface area contributed by atoms with Crippen LogP contribution in [-0.2, 0) is 0 Å². The molecule has 1 heterocycles. The Hall–Kier alpha value is -2.49. The normalized spacial score (nSPS) is 17.2. The second-order valence-electron chi connectivity index (χ2n) is 5.68. The molecule has 0 fully saturated rings. The van der Waals surface area contributed by atoms with Gasteiger partial charge in [-0.05, 0) is 43.7 Å². The van der Waals surface area contributed by atoms with Crippen LogP contribution in [0, 0.1) is 0 Å². The number of carbonyl (C=O) groups excluding carboxylic acids is 1. The molecular weight excluding hydrogens is 276 g/mol. The van der Waals surface area contributed by atoms with Crippen LogP contribution in [0.5, 0.6) is 5.75 Å². The molecule has 22 heavy (non-hydrogen) atoms. The number of nitrogens with one attached hydrogen (secondary N) is 1. The number of ether oxygens (including phenoxy) is 1. The highest BCUT2D eigenvalue weighted by Crippen LogP contribution is 2.35. The average Bonchev–Trinajstić information content (AvgIpc) is 2.54. The van der Waals surface area contributed by atoms with Crippen molar-refractivity contribution < 1.29 is 9.53 Å². The zero-order valence-corrected chi connectivity index (χ0v) is 13.0. The first-order chi connectivity index (χ1) is 10.6. The van der Waals surface area contributed by atoms with Crippen molar-refractivity contribution in [1.82, 2.24) is 4.90 Å². The summed E-state index contributed by atoms with van der Waals surface area (Å²) in [7, 11) is 1.65. The van der Waals surface area contributed by atoms with Crippen LogP contribution < -0.4 is 10.1 Å². The van der Waals surface area contributed by atoms with Gasteiger partial charge in [0.2, 0.25) is 0 Å². The number of amides is 1. The third-order valence-electron chi connectivity index (χ3n) is 3.93. The maximum atomic E-state index is 12.9. The number of benzene rings is 2. The topological polar surface area (TPSA) is 41.6 Å². The molecule has 1 amide bonds. The number of hydrogen-bond acceptors (Lipinski definition) is 3. The quantitative estimate of drug-likeness (QED) is 0.939. The van der Waals surface area contributed by atoms with E-state index >= 15 is 0 Å². The predicted octanol–water partition coefficient (Wildman–Crippen LogP) is 3.67. The Morgan fingerprint density at radius 1 is 1.14 bits per heavy atom.